The molecule has 0 fully saturated rings. The van der Waals surface area contributed by atoms with E-state index in [9.17, 15) is 0 Å². The highest BCUT2D eigenvalue weighted by Crippen LogP contribution is 2.20. The van der Waals surface area contributed by atoms with Crippen molar-refractivity contribution in [1.29, 1.82) is 0 Å². The number of aryl methyl sites for hydroxylation is 1. The van der Waals surface area contributed by atoms with Crippen molar-refractivity contribution in [3.8, 4) is 11.4 Å². The van der Waals surface area contributed by atoms with Gasteiger partial charge in [0.2, 0.25) is 0 Å². The number of hydrogen-bond donors (Lipinski definition) is 1. The number of rotatable bonds is 1. The van der Waals surface area contributed by atoms with Crippen molar-refractivity contribution in [2.45, 2.75) is 19.8 Å². The molecule has 0 amide bonds. The van der Waals surface area contributed by atoms with Gasteiger partial charge in [-0.05, 0) is 25.5 Å². The molecule has 0 unspecified atom stereocenters. The van der Waals surface area contributed by atoms with E-state index in [1.165, 1.54) is 11.3 Å². The zero-order valence-corrected chi connectivity index (χ0v) is 10.5. The maximum absolute atomic E-state index is 7.53. The zero-order chi connectivity index (χ0) is 13.2. The van der Waals surface area contributed by atoms with Crippen LogP contribution in [0.3, 0.4) is 0 Å². The van der Waals surface area contributed by atoms with Crippen molar-refractivity contribution in [1.82, 2.24) is 15.3 Å². The van der Waals surface area contributed by atoms with Crippen molar-refractivity contribution in [3.63, 3.8) is 0 Å². The Balaban J connectivity index is 2.06. The Kier molecular flexibility index (Phi) is 2.76. The average Bonchev–Trinajstić information content (AvgIpc) is 2.65. The number of fused-ring (bicyclic) bond motifs is 1. The van der Waals surface area contributed by atoms with Gasteiger partial charge in [0.1, 0.15) is 0 Å². The largest absolute Gasteiger partial charge is 0.316 e. The first kappa shape index (κ1) is 10.2. The normalized spacial score (nSPS) is 15.7. The van der Waals surface area contributed by atoms with Crippen molar-refractivity contribution in [2.24, 2.45) is 0 Å². The number of nitrogens with one attached hydrogen (secondary N) is 1. The van der Waals surface area contributed by atoms with Crippen LogP contribution in [-0.4, -0.2) is 23.1 Å². The van der Waals surface area contributed by atoms with Crippen LogP contribution in [0, 0.1) is 6.92 Å². The van der Waals surface area contributed by atoms with Gasteiger partial charge < -0.3 is 5.32 Å². The lowest BCUT2D eigenvalue weighted by molar-refractivity contribution is 0.708. The summed E-state index contributed by atoms with van der Waals surface area (Å²) in [4.78, 5) is 9.35. The third-order valence-electron chi connectivity index (χ3n) is 3.37. The highest BCUT2D eigenvalue weighted by Gasteiger charge is 2.14. The van der Waals surface area contributed by atoms with Crippen LogP contribution in [0.25, 0.3) is 11.4 Å². The molecule has 0 spiro atoms. The SMILES string of the molecule is [2H]c1ccc(-c2nc(C)c3c(n2)CCNCC3)cc1. The minimum absolute atomic E-state index is 0.513. The summed E-state index contributed by atoms with van der Waals surface area (Å²) in [6, 6.07) is 7.90. The molecule has 3 rings (SSSR count). The average molecular weight is 240 g/mol. The molecule has 18 heavy (non-hydrogen) atoms. The van der Waals surface area contributed by atoms with Gasteiger partial charge in [-0.25, -0.2) is 9.97 Å². The van der Waals surface area contributed by atoms with Crippen molar-refractivity contribution >= 4 is 0 Å². The van der Waals surface area contributed by atoms with Gasteiger partial charge in [0.05, 0.1) is 1.37 Å². The van der Waals surface area contributed by atoms with Crippen LogP contribution in [0.5, 0.6) is 0 Å². The molecule has 0 radical (unpaired) electrons. The summed E-state index contributed by atoms with van der Waals surface area (Å²) in [5, 5.41) is 3.40. The first-order valence-electron chi connectivity index (χ1n) is 6.88. The van der Waals surface area contributed by atoms with E-state index >= 15 is 0 Å². The molecule has 1 N–H and O–H groups in total. The highest BCUT2D eigenvalue weighted by molar-refractivity contribution is 5.55. The molecule has 1 aliphatic rings. The summed E-state index contributed by atoms with van der Waals surface area (Å²) in [7, 11) is 0. The van der Waals surface area contributed by atoms with Gasteiger partial charge in [-0.2, -0.15) is 0 Å². The van der Waals surface area contributed by atoms with E-state index in [-0.39, 0.29) is 0 Å². The number of benzene rings is 1. The Morgan fingerprint density at radius 2 is 1.94 bits per heavy atom. The summed E-state index contributed by atoms with van der Waals surface area (Å²) in [5.41, 5.74) is 4.53. The van der Waals surface area contributed by atoms with Crippen LogP contribution in [0.2, 0.25) is 0 Å². The third kappa shape index (κ3) is 2.14. The van der Waals surface area contributed by atoms with Gasteiger partial charge in [-0.15, -0.1) is 0 Å². The molecule has 0 atom stereocenters. The summed E-state index contributed by atoms with van der Waals surface area (Å²) >= 11 is 0. The molecule has 1 aromatic carbocycles. The first-order chi connectivity index (χ1) is 9.24. The predicted octanol–water partition coefficient (Wildman–Crippen LogP) is 2.14. The van der Waals surface area contributed by atoms with E-state index in [2.05, 4.69) is 17.2 Å². The Hall–Kier alpha value is -1.74. The molecular weight excluding hydrogens is 222 g/mol. The maximum Gasteiger partial charge on any atom is 0.159 e. The Morgan fingerprint density at radius 1 is 1.17 bits per heavy atom. The Labute approximate surface area is 109 Å². The summed E-state index contributed by atoms with van der Waals surface area (Å²) in [6.45, 7) is 4.05. The lowest BCUT2D eigenvalue weighted by Gasteiger charge is -2.10. The van der Waals surface area contributed by atoms with E-state index in [0.717, 1.165) is 43.0 Å². The smallest absolute Gasteiger partial charge is 0.159 e. The van der Waals surface area contributed by atoms with Gasteiger partial charge in [-0.3, -0.25) is 0 Å². The van der Waals surface area contributed by atoms with Crippen LogP contribution >= 0.6 is 0 Å². The predicted molar refractivity (Wildman–Crippen MR) is 72.5 cm³/mol. The topological polar surface area (TPSA) is 37.8 Å². The van der Waals surface area contributed by atoms with E-state index in [1.807, 2.05) is 12.1 Å². The molecule has 2 heterocycles. The quantitative estimate of drug-likeness (QED) is 0.830. The second kappa shape index (κ2) is 4.86. The van der Waals surface area contributed by atoms with E-state index < -0.39 is 0 Å². The van der Waals surface area contributed by atoms with Crippen LogP contribution in [-0.2, 0) is 12.8 Å². The third-order valence-corrected chi connectivity index (χ3v) is 3.37. The zero-order valence-electron chi connectivity index (χ0n) is 11.5. The molecule has 0 saturated carbocycles. The monoisotopic (exact) mass is 240 g/mol. The second-order valence-electron chi connectivity index (χ2n) is 4.60. The second-order valence-corrected chi connectivity index (χ2v) is 4.60. The lowest BCUT2D eigenvalue weighted by atomic mass is 10.1. The summed E-state index contributed by atoms with van der Waals surface area (Å²) < 4.78 is 7.53. The van der Waals surface area contributed by atoms with Gasteiger partial charge in [0, 0.05) is 29.9 Å². The van der Waals surface area contributed by atoms with Gasteiger partial charge in [-0.1, -0.05) is 30.3 Å². The number of nitrogens with zero attached hydrogens (tertiary/aromatic N) is 2. The van der Waals surface area contributed by atoms with E-state index in [4.69, 9.17) is 6.35 Å². The fraction of sp³-hybridized carbons (Fsp3) is 0.333. The molecule has 0 bridgehead atoms. The van der Waals surface area contributed by atoms with E-state index in [0.29, 0.717) is 6.04 Å². The van der Waals surface area contributed by atoms with Crippen LogP contribution in [0.4, 0.5) is 0 Å². The molecule has 3 heteroatoms. The summed E-state index contributed by atoms with van der Waals surface area (Å²) in [5.74, 6) is 0.776. The molecule has 92 valence electrons. The summed E-state index contributed by atoms with van der Waals surface area (Å²) in [6.07, 6.45) is 1.97. The number of aromatic nitrogens is 2. The van der Waals surface area contributed by atoms with Crippen molar-refractivity contribution in [3.05, 3.63) is 47.3 Å². The molecule has 1 aromatic heterocycles. The van der Waals surface area contributed by atoms with Gasteiger partial charge >= 0.3 is 0 Å². The standard InChI is InChI=1S/C15H17N3/c1-11-13-7-9-16-10-8-14(13)18-15(17-11)12-5-3-2-4-6-12/h2-6,16H,7-10H2,1H3/i2D. The number of hydrogen-bond acceptors (Lipinski definition) is 3. The minimum atomic E-state index is 0.513. The molecule has 3 nitrogen and oxygen atoms in total. The minimum Gasteiger partial charge on any atom is -0.316 e. The maximum atomic E-state index is 7.53. The van der Waals surface area contributed by atoms with Crippen LogP contribution in [0.1, 0.15) is 18.3 Å². The Morgan fingerprint density at radius 3 is 2.78 bits per heavy atom. The van der Waals surface area contributed by atoms with Crippen molar-refractivity contribution < 1.29 is 1.37 Å². The van der Waals surface area contributed by atoms with Crippen LogP contribution in [0.15, 0.2) is 30.3 Å². The molecule has 0 saturated heterocycles. The molecule has 0 aliphatic carbocycles. The highest BCUT2D eigenvalue weighted by atomic mass is 14.9. The Bertz CT molecular complexity index is 593. The van der Waals surface area contributed by atoms with Gasteiger partial charge in [0.25, 0.3) is 0 Å². The molecule has 2 aromatic rings. The fourth-order valence-electron chi connectivity index (χ4n) is 2.40. The van der Waals surface area contributed by atoms with Crippen molar-refractivity contribution in [2.75, 3.05) is 13.1 Å². The van der Waals surface area contributed by atoms with Crippen LogP contribution < -0.4 is 5.32 Å². The first-order valence-corrected chi connectivity index (χ1v) is 6.38. The molecule has 1 aliphatic heterocycles. The molecular formula is C15H17N3. The van der Waals surface area contributed by atoms with E-state index in [1.54, 1.807) is 12.1 Å². The van der Waals surface area contributed by atoms with Gasteiger partial charge in [0.15, 0.2) is 5.82 Å². The lowest BCUT2D eigenvalue weighted by Crippen LogP contribution is -2.16. The fourth-order valence-corrected chi connectivity index (χ4v) is 2.40.